The normalized spacial score (nSPS) is 10.6. The van der Waals surface area contributed by atoms with E-state index in [1.165, 1.54) is 11.3 Å². The molecule has 1 aromatic heterocycles. The topological polar surface area (TPSA) is 68.1 Å². The van der Waals surface area contributed by atoms with Gasteiger partial charge in [-0.15, -0.1) is 11.3 Å². The second-order valence-electron chi connectivity index (χ2n) is 3.34. The lowest BCUT2D eigenvalue weighted by Gasteiger charge is -2.06. The minimum absolute atomic E-state index is 0.0739. The lowest BCUT2D eigenvalue weighted by Crippen LogP contribution is -2.06. The third-order valence-electron chi connectivity index (χ3n) is 2.28. The summed E-state index contributed by atoms with van der Waals surface area (Å²) in [4.78, 5) is 14.8. The zero-order chi connectivity index (χ0) is 12.3. The summed E-state index contributed by atoms with van der Waals surface area (Å²) in [5.74, 6) is 0.909. The molecule has 0 spiro atoms. The standard InChI is InChI=1S/C10H11N3O2S2/c1-16-5-4-11-7-2-3-8-9(12-6-17-8)10(7)13(14)15/h2-3,6,11H,4-5H2,1H3. The van der Waals surface area contributed by atoms with Crippen molar-refractivity contribution in [3.63, 3.8) is 0 Å². The van der Waals surface area contributed by atoms with E-state index in [1.54, 1.807) is 23.3 Å². The molecule has 0 radical (unpaired) electrons. The van der Waals surface area contributed by atoms with Crippen molar-refractivity contribution >= 4 is 44.7 Å². The molecular formula is C10H11N3O2S2. The average molecular weight is 269 g/mol. The first kappa shape index (κ1) is 12.1. The fourth-order valence-electron chi connectivity index (χ4n) is 1.53. The summed E-state index contributed by atoms with van der Waals surface area (Å²) in [7, 11) is 0. The summed E-state index contributed by atoms with van der Waals surface area (Å²) in [6.07, 6.45) is 2.00. The van der Waals surface area contributed by atoms with Gasteiger partial charge in [-0.3, -0.25) is 10.1 Å². The van der Waals surface area contributed by atoms with Gasteiger partial charge < -0.3 is 5.32 Å². The summed E-state index contributed by atoms with van der Waals surface area (Å²) in [5, 5.41) is 14.2. The van der Waals surface area contributed by atoms with Crippen molar-refractivity contribution in [1.29, 1.82) is 0 Å². The first-order chi connectivity index (χ1) is 8.24. The van der Waals surface area contributed by atoms with E-state index in [2.05, 4.69) is 10.3 Å². The first-order valence-corrected chi connectivity index (χ1v) is 7.25. The fourth-order valence-corrected chi connectivity index (χ4v) is 2.52. The highest BCUT2D eigenvalue weighted by Crippen LogP contribution is 2.34. The molecular weight excluding hydrogens is 258 g/mol. The van der Waals surface area contributed by atoms with Gasteiger partial charge in [0.2, 0.25) is 0 Å². The van der Waals surface area contributed by atoms with Gasteiger partial charge in [0.05, 0.1) is 15.1 Å². The number of hydrogen-bond donors (Lipinski definition) is 1. The van der Waals surface area contributed by atoms with E-state index in [1.807, 2.05) is 12.3 Å². The molecule has 5 nitrogen and oxygen atoms in total. The molecule has 0 saturated heterocycles. The summed E-state index contributed by atoms with van der Waals surface area (Å²) < 4.78 is 0.840. The zero-order valence-electron chi connectivity index (χ0n) is 9.17. The van der Waals surface area contributed by atoms with E-state index >= 15 is 0 Å². The van der Waals surface area contributed by atoms with Crippen LogP contribution in [-0.2, 0) is 0 Å². The highest BCUT2D eigenvalue weighted by molar-refractivity contribution is 7.98. The van der Waals surface area contributed by atoms with Gasteiger partial charge in [-0.05, 0) is 18.4 Å². The van der Waals surface area contributed by atoms with Crippen LogP contribution in [-0.4, -0.2) is 28.5 Å². The van der Waals surface area contributed by atoms with Crippen molar-refractivity contribution in [3.8, 4) is 0 Å². The van der Waals surface area contributed by atoms with Gasteiger partial charge in [0.15, 0.2) is 5.52 Å². The van der Waals surface area contributed by atoms with E-state index < -0.39 is 0 Å². The monoisotopic (exact) mass is 269 g/mol. The second-order valence-corrected chi connectivity index (χ2v) is 5.21. The molecule has 1 aromatic carbocycles. The van der Waals surface area contributed by atoms with Gasteiger partial charge in [0.1, 0.15) is 5.69 Å². The summed E-state index contributed by atoms with van der Waals surface area (Å²) >= 11 is 3.10. The molecule has 17 heavy (non-hydrogen) atoms. The van der Waals surface area contributed by atoms with Crippen molar-refractivity contribution < 1.29 is 4.92 Å². The van der Waals surface area contributed by atoms with E-state index in [0.29, 0.717) is 17.7 Å². The fraction of sp³-hybridized carbons (Fsp3) is 0.300. The number of thioether (sulfide) groups is 1. The number of anilines is 1. The van der Waals surface area contributed by atoms with Gasteiger partial charge in [-0.2, -0.15) is 11.8 Å². The number of fused-ring (bicyclic) bond motifs is 1. The maximum atomic E-state index is 11.1. The van der Waals surface area contributed by atoms with Crippen LogP contribution in [0.2, 0.25) is 0 Å². The predicted octanol–water partition coefficient (Wildman–Crippen LogP) is 2.98. The van der Waals surface area contributed by atoms with E-state index in [4.69, 9.17) is 0 Å². The molecule has 0 bridgehead atoms. The van der Waals surface area contributed by atoms with Crippen LogP contribution in [0.15, 0.2) is 17.6 Å². The van der Waals surface area contributed by atoms with Gasteiger partial charge in [0, 0.05) is 12.3 Å². The predicted molar refractivity (Wildman–Crippen MR) is 73.1 cm³/mol. The number of nitro benzene ring substituents is 1. The zero-order valence-corrected chi connectivity index (χ0v) is 10.8. The average Bonchev–Trinajstić information content (AvgIpc) is 2.76. The molecule has 2 aromatic rings. The van der Waals surface area contributed by atoms with Crippen LogP contribution < -0.4 is 5.32 Å². The lowest BCUT2D eigenvalue weighted by atomic mass is 10.2. The van der Waals surface area contributed by atoms with Crippen molar-refractivity contribution in [2.45, 2.75) is 0 Å². The van der Waals surface area contributed by atoms with Crippen LogP contribution in [0.1, 0.15) is 0 Å². The molecule has 0 aliphatic rings. The molecule has 90 valence electrons. The third-order valence-corrected chi connectivity index (χ3v) is 3.69. The molecule has 0 unspecified atom stereocenters. The van der Waals surface area contributed by atoms with Crippen molar-refractivity contribution in [2.75, 3.05) is 23.9 Å². The minimum atomic E-state index is -0.372. The van der Waals surface area contributed by atoms with Crippen LogP contribution in [0.4, 0.5) is 11.4 Å². The van der Waals surface area contributed by atoms with Crippen LogP contribution in [0, 0.1) is 10.1 Å². The van der Waals surface area contributed by atoms with Crippen molar-refractivity contribution in [1.82, 2.24) is 4.98 Å². The van der Waals surface area contributed by atoms with Gasteiger partial charge in [-0.25, -0.2) is 4.98 Å². The maximum Gasteiger partial charge on any atom is 0.319 e. The van der Waals surface area contributed by atoms with Crippen molar-refractivity contribution in [3.05, 3.63) is 27.8 Å². The number of benzene rings is 1. The van der Waals surface area contributed by atoms with Gasteiger partial charge in [0.25, 0.3) is 0 Å². The Morgan fingerprint density at radius 1 is 1.59 bits per heavy atom. The van der Waals surface area contributed by atoms with Gasteiger partial charge >= 0.3 is 5.69 Å². The Kier molecular flexibility index (Phi) is 3.80. The lowest BCUT2D eigenvalue weighted by molar-refractivity contribution is -0.382. The number of thiazole rings is 1. The van der Waals surface area contributed by atoms with Crippen LogP contribution in [0.3, 0.4) is 0 Å². The number of hydrogen-bond acceptors (Lipinski definition) is 6. The molecule has 1 heterocycles. The molecule has 0 atom stereocenters. The molecule has 1 N–H and O–H groups in total. The molecule has 0 saturated carbocycles. The smallest absolute Gasteiger partial charge is 0.319 e. The Morgan fingerprint density at radius 3 is 3.12 bits per heavy atom. The summed E-state index contributed by atoms with van der Waals surface area (Å²) in [6.45, 7) is 0.706. The Bertz CT molecular complexity index is 541. The Balaban J connectivity index is 2.39. The molecule has 0 fully saturated rings. The van der Waals surface area contributed by atoms with E-state index in [0.717, 1.165) is 10.5 Å². The first-order valence-electron chi connectivity index (χ1n) is 4.97. The van der Waals surface area contributed by atoms with Crippen LogP contribution in [0.5, 0.6) is 0 Å². The SMILES string of the molecule is CSCCNc1ccc2scnc2c1[N+](=O)[O-]. The quantitative estimate of drug-likeness (QED) is 0.513. The van der Waals surface area contributed by atoms with E-state index in [-0.39, 0.29) is 10.6 Å². The Hall–Kier alpha value is -1.34. The number of nitrogens with zero attached hydrogens (tertiary/aromatic N) is 2. The molecule has 0 amide bonds. The maximum absolute atomic E-state index is 11.1. The van der Waals surface area contributed by atoms with Crippen LogP contribution >= 0.6 is 23.1 Å². The number of aromatic nitrogens is 1. The highest BCUT2D eigenvalue weighted by Gasteiger charge is 2.20. The van der Waals surface area contributed by atoms with Crippen molar-refractivity contribution in [2.24, 2.45) is 0 Å². The number of nitro groups is 1. The molecule has 2 rings (SSSR count). The number of rotatable bonds is 5. The molecule has 0 aliphatic heterocycles. The Morgan fingerprint density at radius 2 is 2.41 bits per heavy atom. The largest absolute Gasteiger partial charge is 0.379 e. The van der Waals surface area contributed by atoms with Gasteiger partial charge in [-0.1, -0.05) is 0 Å². The number of nitrogens with one attached hydrogen (secondary N) is 1. The Labute approximate surface area is 106 Å². The summed E-state index contributed by atoms with van der Waals surface area (Å²) in [5.41, 5.74) is 2.71. The second kappa shape index (κ2) is 5.33. The van der Waals surface area contributed by atoms with E-state index in [9.17, 15) is 10.1 Å². The summed E-state index contributed by atoms with van der Waals surface area (Å²) in [6, 6.07) is 3.61. The third kappa shape index (κ3) is 2.50. The highest BCUT2D eigenvalue weighted by atomic mass is 32.2. The molecule has 7 heteroatoms. The minimum Gasteiger partial charge on any atom is -0.379 e. The van der Waals surface area contributed by atoms with Crippen LogP contribution in [0.25, 0.3) is 10.2 Å². The molecule has 0 aliphatic carbocycles.